The lowest BCUT2D eigenvalue weighted by Crippen LogP contribution is -2.53. The first-order valence-corrected chi connectivity index (χ1v) is 11.5. The van der Waals surface area contributed by atoms with Gasteiger partial charge in [0.15, 0.2) is 0 Å². The Hall–Kier alpha value is -0.870. The van der Waals surface area contributed by atoms with Crippen molar-refractivity contribution in [1.29, 1.82) is 0 Å². The Balaban J connectivity index is 1.95. The molecule has 0 amide bonds. The zero-order valence-corrected chi connectivity index (χ0v) is 17.2. The number of hydrogen-bond acceptors (Lipinski definition) is 2. The number of sulfonamides is 1. The van der Waals surface area contributed by atoms with Gasteiger partial charge in [-0.2, -0.15) is 0 Å². The van der Waals surface area contributed by atoms with Gasteiger partial charge >= 0.3 is 0 Å². The van der Waals surface area contributed by atoms with Gasteiger partial charge in [0, 0.05) is 6.54 Å². The molecule has 3 atom stereocenters. The lowest BCUT2D eigenvalue weighted by molar-refractivity contribution is 0.0299. The molecule has 1 fully saturated rings. The normalized spacial score (nSPS) is 32.3. The molecule has 2 aliphatic carbocycles. The summed E-state index contributed by atoms with van der Waals surface area (Å²) in [5.74, 6) is 1.09. The molecule has 3 rings (SSSR count). The number of rotatable bonds is 4. The molecule has 0 bridgehead atoms. The second-order valence-electron chi connectivity index (χ2n) is 9.18. The van der Waals surface area contributed by atoms with Crippen LogP contribution < -0.4 is 4.72 Å². The molecule has 0 saturated heterocycles. The molecule has 1 aromatic carbocycles. The molecule has 0 aromatic heterocycles. The standard InChI is InChI=1S/C21H33NO2S/c1-15(2)16-7-9-18-17(13-16)8-10-19-20(3,14-22-25(5,23)24)11-6-12-21(18,19)4/h7,9,13,15,19,22H,6,8,10-12,14H2,1-5H3/t19-,20-,21+/m0/s1. The van der Waals surface area contributed by atoms with Crippen molar-refractivity contribution >= 4 is 10.0 Å². The zero-order chi connectivity index (χ0) is 18.5. The van der Waals surface area contributed by atoms with Gasteiger partial charge < -0.3 is 0 Å². The maximum Gasteiger partial charge on any atom is 0.208 e. The monoisotopic (exact) mass is 363 g/mol. The van der Waals surface area contributed by atoms with E-state index in [1.807, 2.05) is 0 Å². The maximum atomic E-state index is 11.6. The van der Waals surface area contributed by atoms with Gasteiger partial charge in [-0.25, -0.2) is 13.1 Å². The lowest BCUT2D eigenvalue weighted by atomic mass is 9.50. The number of fused-ring (bicyclic) bond motifs is 3. The number of aryl methyl sites for hydroxylation is 1. The average molecular weight is 364 g/mol. The van der Waals surface area contributed by atoms with Gasteiger partial charge in [-0.15, -0.1) is 0 Å². The summed E-state index contributed by atoms with van der Waals surface area (Å²) in [7, 11) is -3.14. The first-order chi connectivity index (χ1) is 11.6. The van der Waals surface area contributed by atoms with Crippen LogP contribution in [-0.4, -0.2) is 21.2 Å². The van der Waals surface area contributed by atoms with Crippen LogP contribution in [0.3, 0.4) is 0 Å². The predicted molar refractivity (Wildman–Crippen MR) is 104 cm³/mol. The molecule has 0 aliphatic heterocycles. The highest BCUT2D eigenvalue weighted by molar-refractivity contribution is 7.88. The third kappa shape index (κ3) is 3.52. The van der Waals surface area contributed by atoms with Crippen molar-refractivity contribution in [3.63, 3.8) is 0 Å². The van der Waals surface area contributed by atoms with Crippen molar-refractivity contribution < 1.29 is 8.42 Å². The number of benzene rings is 1. The number of nitrogens with one attached hydrogen (secondary N) is 1. The largest absolute Gasteiger partial charge is 0.215 e. The van der Waals surface area contributed by atoms with Crippen LogP contribution in [0.2, 0.25) is 0 Å². The van der Waals surface area contributed by atoms with Crippen molar-refractivity contribution in [2.24, 2.45) is 11.3 Å². The first kappa shape index (κ1) is 18.9. The quantitative estimate of drug-likeness (QED) is 0.863. The van der Waals surface area contributed by atoms with Crippen LogP contribution in [0.25, 0.3) is 0 Å². The molecule has 4 heteroatoms. The Kier molecular flexibility index (Phi) is 4.83. The summed E-state index contributed by atoms with van der Waals surface area (Å²) in [6.45, 7) is 9.78. The Morgan fingerprint density at radius 3 is 2.60 bits per heavy atom. The van der Waals surface area contributed by atoms with Crippen LogP contribution in [0, 0.1) is 11.3 Å². The van der Waals surface area contributed by atoms with E-state index in [0.717, 1.165) is 19.3 Å². The van der Waals surface area contributed by atoms with E-state index >= 15 is 0 Å². The van der Waals surface area contributed by atoms with E-state index in [0.29, 0.717) is 18.4 Å². The first-order valence-electron chi connectivity index (χ1n) is 9.63. The smallest absolute Gasteiger partial charge is 0.208 e. The minimum Gasteiger partial charge on any atom is -0.215 e. The zero-order valence-electron chi connectivity index (χ0n) is 16.4. The minimum atomic E-state index is -3.14. The van der Waals surface area contributed by atoms with Crippen molar-refractivity contribution in [1.82, 2.24) is 4.72 Å². The van der Waals surface area contributed by atoms with Crippen LogP contribution >= 0.6 is 0 Å². The highest BCUT2D eigenvalue weighted by Crippen LogP contribution is 2.57. The summed E-state index contributed by atoms with van der Waals surface area (Å²) < 4.78 is 26.1. The Bertz CT molecular complexity index is 755. The van der Waals surface area contributed by atoms with Gasteiger partial charge in [-0.3, -0.25) is 0 Å². The van der Waals surface area contributed by atoms with E-state index in [1.54, 1.807) is 0 Å². The summed E-state index contributed by atoms with van der Waals surface area (Å²) in [5.41, 5.74) is 4.65. The molecular weight excluding hydrogens is 330 g/mol. The third-order valence-electron chi connectivity index (χ3n) is 6.91. The molecule has 25 heavy (non-hydrogen) atoms. The molecule has 3 nitrogen and oxygen atoms in total. The molecule has 1 aromatic rings. The van der Waals surface area contributed by atoms with E-state index in [9.17, 15) is 8.42 Å². The maximum absolute atomic E-state index is 11.6. The summed E-state index contributed by atoms with van der Waals surface area (Å²) in [5, 5.41) is 0. The third-order valence-corrected chi connectivity index (χ3v) is 7.57. The molecule has 1 N–H and O–H groups in total. The van der Waals surface area contributed by atoms with Crippen LogP contribution in [0.1, 0.15) is 76.0 Å². The Morgan fingerprint density at radius 2 is 1.96 bits per heavy atom. The topological polar surface area (TPSA) is 46.2 Å². The van der Waals surface area contributed by atoms with Gasteiger partial charge in [0.25, 0.3) is 0 Å². The van der Waals surface area contributed by atoms with Crippen molar-refractivity contribution in [2.75, 3.05) is 12.8 Å². The van der Waals surface area contributed by atoms with Crippen LogP contribution in [0.4, 0.5) is 0 Å². The Labute approximate surface area is 153 Å². The minimum absolute atomic E-state index is 0.0322. The fourth-order valence-electron chi connectivity index (χ4n) is 5.51. The molecular formula is C21H33NO2S. The summed E-state index contributed by atoms with van der Waals surface area (Å²) in [6.07, 6.45) is 7.02. The van der Waals surface area contributed by atoms with Gasteiger partial charge in [0.1, 0.15) is 0 Å². The van der Waals surface area contributed by atoms with E-state index in [2.05, 4.69) is 50.6 Å². The van der Waals surface area contributed by atoms with E-state index in [4.69, 9.17) is 0 Å². The van der Waals surface area contributed by atoms with Gasteiger partial charge in [-0.1, -0.05) is 52.3 Å². The van der Waals surface area contributed by atoms with Crippen molar-refractivity contribution in [3.8, 4) is 0 Å². The second kappa shape index (κ2) is 6.38. The molecule has 0 unspecified atom stereocenters. The summed E-state index contributed by atoms with van der Waals surface area (Å²) >= 11 is 0. The fraction of sp³-hybridized carbons (Fsp3) is 0.714. The van der Waals surface area contributed by atoms with E-state index in [1.165, 1.54) is 35.8 Å². The lowest BCUT2D eigenvalue weighted by Gasteiger charge is -2.55. The summed E-state index contributed by atoms with van der Waals surface area (Å²) in [4.78, 5) is 0. The van der Waals surface area contributed by atoms with Gasteiger partial charge in [-0.05, 0) is 65.0 Å². The predicted octanol–water partition coefficient (Wildman–Crippen LogP) is 4.37. The average Bonchev–Trinajstić information content (AvgIpc) is 2.52. The van der Waals surface area contributed by atoms with Crippen LogP contribution in [0.15, 0.2) is 18.2 Å². The highest BCUT2D eigenvalue weighted by Gasteiger charge is 2.51. The van der Waals surface area contributed by atoms with E-state index < -0.39 is 10.0 Å². The van der Waals surface area contributed by atoms with Gasteiger partial charge in [0.2, 0.25) is 10.0 Å². The van der Waals surface area contributed by atoms with Crippen LogP contribution in [-0.2, 0) is 21.9 Å². The fourth-order valence-corrected chi connectivity index (χ4v) is 6.10. The molecule has 1 saturated carbocycles. The second-order valence-corrected chi connectivity index (χ2v) is 11.0. The summed E-state index contributed by atoms with van der Waals surface area (Å²) in [6, 6.07) is 7.09. The molecule has 0 radical (unpaired) electrons. The highest BCUT2D eigenvalue weighted by atomic mass is 32.2. The molecule has 2 aliphatic rings. The van der Waals surface area contributed by atoms with Crippen molar-refractivity contribution in [3.05, 3.63) is 34.9 Å². The molecule has 0 spiro atoms. The molecule has 0 heterocycles. The van der Waals surface area contributed by atoms with E-state index in [-0.39, 0.29) is 10.8 Å². The van der Waals surface area contributed by atoms with Crippen molar-refractivity contribution in [2.45, 2.75) is 71.1 Å². The molecule has 140 valence electrons. The van der Waals surface area contributed by atoms with Crippen LogP contribution in [0.5, 0.6) is 0 Å². The van der Waals surface area contributed by atoms with Gasteiger partial charge in [0.05, 0.1) is 6.26 Å². The number of hydrogen-bond donors (Lipinski definition) is 1. The Morgan fingerprint density at radius 1 is 1.24 bits per heavy atom. The SMILES string of the molecule is CC(C)c1ccc2c(c1)CC[C@H]1[C@](C)(CNS(C)(=O)=O)CCC[C@]21C.